The van der Waals surface area contributed by atoms with Crippen molar-refractivity contribution in [2.24, 2.45) is 4.99 Å². The highest BCUT2D eigenvalue weighted by molar-refractivity contribution is 14.0. The van der Waals surface area contributed by atoms with E-state index in [2.05, 4.69) is 21.5 Å². The van der Waals surface area contributed by atoms with Crippen LogP contribution in [0.15, 0.2) is 34.2 Å². The standard InChI is InChI=1S/C15H21N3O3S.HI/c1-4-10-17-15(16-5-2)18-11-12-21-13-6-8-14(9-7-13)22(3,19)20;/h1,6-9H,5,10-12H2,2-3H3,(H2,16,17,18);1H. The smallest absolute Gasteiger partial charge is 0.192 e. The zero-order chi connectivity index (χ0) is 16.4. The lowest BCUT2D eigenvalue weighted by Crippen LogP contribution is -2.37. The molecule has 23 heavy (non-hydrogen) atoms. The first-order chi connectivity index (χ1) is 10.5. The molecule has 0 aliphatic heterocycles. The maximum Gasteiger partial charge on any atom is 0.192 e. The number of ether oxygens (including phenoxy) is 1. The van der Waals surface area contributed by atoms with E-state index in [0.717, 1.165) is 6.54 Å². The van der Waals surface area contributed by atoms with E-state index in [-0.39, 0.29) is 28.9 Å². The van der Waals surface area contributed by atoms with Crippen molar-refractivity contribution in [3.8, 4) is 18.1 Å². The summed E-state index contributed by atoms with van der Waals surface area (Å²) in [7, 11) is -3.18. The molecule has 0 saturated heterocycles. The zero-order valence-corrected chi connectivity index (χ0v) is 16.4. The van der Waals surface area contributed by atoms with E-state index in [4.69, 9.17) is 11.2 Å². The van der Waals surface area contributed by atoms with Gasteiger partial charge in [-0.3, -0.25) is 0 Å². The second kappa shape index (κ2) is 11.1. The normalized spacial score (nSPS) is 11.1. The first-order valence-corrected chi connectivity index (χ1v) is 8.75. The summed E-state index contributed by atoms with van der Waals surface area (Å²) in [5.41, 5.74) is 0. The molecule has 1 rings (SSSR count). The van der Waals surface area contributed by atoms with Crippen LogP contribution in [0.4, 0.5) is 0 Å². The maximum atomic E-state index is 11.3. The second-order valence-electron chi connectivity index (χ2n) is 4.41. The number of hydrogen-bond acceptors (Lipinski definition) is 4. The fourth-order valence-electron chi connectivity index (χ4n) is 1.58. The van der Waals surface area contributed by atoms with Gasteiger partial charge in [0.05, 0.1) is 18.0 Å². The molecule has 0 fully saturated rings. The molecule has 1 aromatic rings. The molecule has 0 aliphatic rings. The van der Waals surface area contributed by atoms with E-state index in [1.165, 1.54) is 18.4 Å². The summed E-state index contributed by atoms with van der Waals surface area (Å²) in [5.74, 6) is 3.71. The first-order valence-electron chi connectivity index (χ1n) is 6.86. The summed E-state index contributed by atoms with van der Waals surface area (Å²) in [5, 5.41) is 6.03. The minimum atomic E-state index is -3.18. The van der Waals surface area contributed by atoms with Crippen molar-refractivity contribution in [2.75, 3.05) is 32.5 Å². The minimum Gasteiger partial charge on any atom is -0.492 e. The van der Waals surface area contributed by atoms with Gasteiger partial charge in [-0.15, -0.1) is 30.4 Å². The van der Waals surface area contributed by atoms with Gasteiger partial charge < -0.3 is 15.4 Å². The van der Waals surface area contributed by atoms with Gasteiger partial charge in [-0.2, -0.15) is 0 Å². The van der Waals surface area contributed by atoms with E-state index in [0.29, 0.717) is 31.4 Å². The van der Waals surface area contributed by atoms with Crippen LogP contribution >= 0.6 is 24.0 Å². The van der Waals surface area contributed by atoms with Crippen LogP contribution < -0.4 is 15.4 Å². The van der Waals surface area contributed by atoms with Gasteiger partial charge in [0.25, 0.3) is 0 Å². The van der Waals surface area contributed by atoms with Gasteiger partial charge >= 0.3 is 0 Å². The van der Waals surface area contributed by atoms with Crippen LogP contribution in [0.3, 0.4) is 0 Å². The molecule has 0 saturated carbocycles. The molecule has 0 radical (unpaired) electrons. The van der Waals surface area contributed by atoms with E-state index in [1.807, 2.05) is 6.92 Å². The summed E-state index contributed by atoms with van der Waals surface area (Å²) in [4.78, 5) is 4.57. The minimum absolute atomic E-state index is 0. The Kier molecular flexibility index (Phi) is 10.4. The number of benzene rings is 1. The number of terminal acetylenes is 1. The Morgan fingerprint density at radius 2 is 1.96 bits per heavy atom. The highest BCUT2D eigenvalue weighted by atomic mass is 127. The lowest BCUT2D eigenvalue weighted by molar-refractivity contribution is 0.328. The van der Waals surface area contributed by atoms with Gasteiger partial charge in [-0.1, -0.05) is 5.92 Å². The van der Waals surface area contributed by atoms with E-state index < -0.39 is 9.84 Å². The number of guanidine groups is 1. The van der Waals surface area contributed by atoms with E-state index in [9.17, 15) is 8.42 Å². The lowest BCUT2D eigenvalue weighted by Gasteiger charge is -2.09. The molecule has 6 nitrogen and oxygen atoms in total. The van der Waals surface area contributed by atoms with Crippen molar-refractivity contribution >= 4 is 39.8 Å². The third-order valence-corrected chi connectivity index (χ3v) is 3.71. The second-order valence-corrected chi connectivity index (χ2v) is 6.43. The Bertz CT molecular complexity index is 637. The molecule has 128 valence electrons. The van der Waals surface area contributed by atoms with Crippen LogP contribution in [0.5, 0.6) is 5.75 Å². The van der Waals surface area contributed by atoms with Crippen molar-refractivity contribution < 1.29 is 13.2 Å². The largest absolute Gasteiger partial charge is 0.492 e. The molecule has 0 amide bonds. The monoisotopic (exact) mass is 451 g/mol. The number of aliphatic imine (C=N–C) groups is 1. The van der Waals surface area contributed by atoms with Crippen LogP contribution in [0.1, 0.15) is 6.92 Å². The fraction of sp³-hybridized carbons (Fsp3) is 0.400. The van der Waals surface area contributed by atoms with Gasteiger partial charge in [-0.25, -0.2) is 13.4 Å². The molecule has 0 atom stereocenters. The van der Waals surface area contributed by atoms with Crippen LogP contribution in [-0.4, -0.2) is 46.9 Å². The predicted octanol–water partition coefficient (Wildman–Crippen LogP) is 1.28. The average molecular weight is 451 g/mol. The van der Waals surface area contributed by atoms with Crippen LogP contribution in [0.25, 0.3) is 0 Å². The Labute approximate surface area is 155 Å². The van der Waals surface area contributed by atoms with Crippen molar-refractivity contribution in [1.29, 1.82) is 0 Å². The number of hydrogen-bond donors (Lipinski definition) is 2. The maximum absolute atomic E-state index is 11.3. The summed E-state index contributed by atoms with van der Waals surface area (Å²) in [6.45, 7) is 3.94. The van der Waals surface area contributed by atoms with Gasteiger partial charge in [0.2, 0.25) is 0 Å². The van der Waals surface area contributed by atoms with Crippen LogP contribution in [-0.2, 0) is 9.84 Å². The molecule has 0 heterocycles. The first kappa shape index (κ1) is 21.5. The van der Waals surface area contributed by atoms with Crippen molar-refractivity contribution in [3.63, 3.8) is 0 Å². The number of rotatable bonds is 7. The van der Waals surface area contributed by atoms with Crippen LogP contribution in [0.2, 0.25) is 0 Å². The summed E-state index contributed by atoms with van der Waals surface area (Å²) >= 11 is 0. The Balaban J connectivity index is 0.00000484. The lowest BCUT2D eigenvalue weighted by atomic mass is 10.3. The summed E-state index contributed by atoms with van der Waals surface area (Å²) in [6.07, 6.45) is 6.35. The van der Waals surface area contributed by atoms with Crippen molar-refractivity contribution in [1.82, 2.24) is 10.6 Å². The fourth-order valence-corrected chi connectivity index (χ4v) is 2.21. The SMILES string of the molecule is C#CCNC(=NCCOc1ccc(S(C)(=O)=O)cc1)NCC.I. The van der Waals surface area contributed by atoms with Crippen LogP contribution in [0, 0.1) is 12.3 Å². The number of nitrogens with zero attached hydrogens (tertiary/aromatic N) is 1. The number of nitrogens with one attached hydrogen (secondary N) is 2. The topological polar surface area (TPSA) is 79.8 Å². The molecular formula is C15H22IN3O3S. The molecule has 0 unspecified atom stereocenters. The Morgan fingerprint density at radius 3 is 2.48 bits per heavy atom. The van der Waals surface area contributed by atoms with E-state index >= 15 is 0 Å². The van der Waals surface area contributed by atoms with Gasteiger partial charge in [0.1, 0.15) is 12.4 Å². The molecular weight excluding hydrogens is 429 g/mol. The van der Waals surface area contributed by atoms with Crippen molar-refractivity contribution in [3.05, 3.63) is 24.3 Å². The zero-order valence-electron chi connectivity index (χ0n) is 13.2. The molecule has 0 aromatic heterocycles. The number of sulfone groups is 1. The highest BCUT2D eigenvalue weighted by Gasteiger charge is 2.06. The van der Waals surface area contributed by atoms with Gasteiger partial charge in [0, 0.05) is 12.8 Å². The Hall–Kier alpha value is -1.47. The number of halogens is 1. The molecule has 0 spiro atoms. The quantitative estimate of drug-likeness (QED) is 0.215. The third-order valence-electron chi connectivity index (χ3n) is 2.58. The van der Waals surface area contributed by atoms with Gasteiger partial charge in [-0.05, 0) is 31.2 Å². The molecule has 1 aromatic carbocycles. The average Bonchev–Trinajstić information content (AvgIpc) is 2.48. The summed E-state index contributed by atoms with van der Waals surface area (Å²) in [6, 6.07) is 6.29. The predicted molar refractivity (Wildman–Crippen MR) is 103 cm³/mol. The molecule has 2 N–H and O–H groups in total. The highest BCUT2D eigenvalue weighted by Crippen LogP contribution is 2.15. The van der Waals surface area contributed by atoms with Gasteiger partial charge in [0.15, 0.2) is 15.8 Å². The van der Waals surface area contributed by atoms with Crippen molar-refractivity contribution in [2.45, 2.75) is 11.8 Å². The summed E-state index contributed by atoms with van der Waals surface area (Å²) < 4.78 is 28.2. The third kappa shape index (κ3) is 8.66. The molecule has 0 bridgehead atoms. The molecule has 8 heteroatoms. The molecule has 0 aliphatic carbocycles. The van der Waals surface area contributed by atoms with E-state index in [1.54, 1.807) is 12.1 Å². The Morgan fingerprint density at radius 1 is 1.30 bits per heavy atom.